The molecule has 9 N–H and O–H groups in total. The Balaban J connectivity index is 1.55. The summed E-state index contributed by atoms with van der Waals surface area (Å²) < 4.78 is 12.1. The highest BCUT2D eigenvalue weighted by molar-refractivity contribution is 6.00. The third kappa shape index (κ3) is 12.2. The molecule has 65 heavy (non-hydrogen) atoms. The first-order valence-corrected chi connectivity index (χ1v) is 21.3. The van der Waals surface area contributed by atoms with Crippen molar-refractivity contribution in [3.63, 3.8) is 0 Å². The van der Waals surface area contributed by atoms with Crippen molar-refractivity contribution >= 4 is 29.5 Å². The van der Waals surface area contributed by atoms with Gasteiger partial charge in [0.25, 0.3) is 5.91 Å². The third-order valence-corrected chi connectivity index (χ3v) is 10.8. The molecule has 4 aromatic rings. The second-order valence-corrected chi connectivity index (χ2v) is 16.6. The maximum atomic E-state index is 14.6. The van der Waals surface area contributed by atoms with E-state index in [1.54, 1.807) is 43.3 Å². The van der Waals surface area contributed by atoms with Crippen LogP contribution in [-0.2, 0) is 31.0 Å². The highest BCUT2D eigenvalue weighted by atomic mass is 16.5. The van der Waals surface area contributed by atoms with E-state index in [4.69, 9.17) is 26.2 Å². The van der Waals surface area contributed by atoms with Gasteiger partial charge in [0.1, 0.15) is 55.4 Å². The molecule has 5 rings (SSSR count). The van der Waals surface area contributed by atoms with E-state index in [0.29, 0.717) is 39.7 Å². The van der Waals surface area contributed by atoms with Crippen molar-refractivity contribution in [2.45, 2.75) is 77.0 Å². The zero-order valence-electron chi connectivity index (χ0n) is 37.6. The number of nitriles is 1. The SMILES string of the molecule is Cc1nc(-c2ccc(C(C)(C)C)cc2)ncc1C(=O)NC(CCO)C(=O)N(C)C1C(=O)NC(C)C(=O)NC(C(=O)NCC#N)Cc2ccc(OCCN)c(c2)-c2cc1ccc2OCCN. The van der Waals surface area contributed by atoms with Crippen LogP contribution < -0.4 is 42.2 Å². The van der Waals surface area contributed by atoms with E-state index in [0.717, 1.165) is 16.0 Å². The van der Waals surface area contributed by atoms with Crippen LogP contribution in [-0.4, -0.2) is 114 Å². The van der Waals surface area contributed by atoms with Crippen LogP contribution in [0.5, 0.6) is 11.5 Å². The van der Waals surface area contributed by atoms with Crippen LogP contribution in [0.3, 0.4) is 0 Å². The lowest BCUT2D eigenvalue weighted by atomic mass is 9.87. The fraction of sp³-hybridized carbons (Fsp3) is 0.404. The molecule has 3 aromatic carbocycles. The van der Waals surface area contributed by atoms with Crippen molar-refractivity contribution in [2.75, 3.05) is 46.5 Å². The zero-order chi connectivity index (χ0) is 47.4. The Morgan fingerprint density at radius 1 is 0.969 bits per heavy atom. The number of nitrogens with zero attached hydrogens (tertiary/aromatic N) is 4. The van der Waals surface area contributed by atoms with E-state index in [1.165, 1.54) is 20.2 Å². The maximum Gasteiger partial charge on any atom is 0.255 e. The molecule has 18 heteroatoms. The summed E-state index contributed by atoms with van der Waals surface area (Å²) in [5.74, 6) is -2.41. The van der Waals surface area contributed by atoms with Gasteiger partial charge in [-0.2, -0.15) is 5.26 Å². The number of benzene rings is 3. The second kappa shape index (κ2) is 22.1. The lowest BCUT2D eigenvalue weighted by Gasteiger charge is -2.32. The molecule has 0 saturated heterocycles. The van der Waals surface area contributed by atoms with Crippen LogP contribution in [0.4, 0.5) is 0 Å². The number of hydrogen-bond donors (Lipinski definition) is 7. The average Bonchev–Trinajstić information content (AvgIpc) is 3.28. The molecule has 344 valence electrons. The number of aryl methyl sites for hydroxylation is 1. The number of carbonyl (C=O) groups excluding carboxylic acids is 5. The molecule has 2 heterocycles. The quantitative estimate of drug-likeness (QED) is 0.0843. The van der Waals surface area contributed by atoms with Crippen LogP contribution in [0.25, 0.3) is 22.5 Å². The lowest BCUT2D eigenvalue weighted by Crippen LogP contribution is -2.56. The van der Waals surface area contributed by atoms with Crippen LogP contribution in [0, 0.1) is 18.3 Å². The molecule has 4 atom stereocenters. The Labute approximate surface area is 378 Å². The number of aliphatic hydroxyl groups excluding tert-OH is 1. The van der Waals surface area contributed by atoms with Gasteiger partial charge in [0.2, 0.25) is 23.6 Å². The number of aliphatic hydroxyl groups is 1. The summed E-state index contributed by atoms with van der Waals surface area (Å²) in [7, 11) is 1.37. The first-order valence-electron chi connectivity index (χ1n) is 21.3. The Bertz CT molecular complexity index is 2410. The number of carbonyl (C=O) groups is 5. The predicted molar refractivity (Wildman–Crippen MR) is 242 cm³/mol. The van der Waals surface area contributed by atoms with Crippen LogP contribution in [0.15, 0.2) is 66.9 Å². The van der Waals surface area contributed by atoms with Gasteiger partial charge in [0.15, 0.2) is 5.82 Å². The Hall–Kier alpha value is -6.94. The van der Waals surface area contributed by atoms with Gasteiger partial charge in [0, 0.05) is 56.1 Å². The summed E-state index contributed by atoms with van der Waals surface area (Å²) in [5.41, 5.74) is 15.7. The number of hydrogen-bond acceptors (Lipinski definition) is 13. The molecule has 1 aromatic heterocycles. The number of likely N-dealkylation sites (N-methyl/N-ethyl adjacent to an activating group) is 1. The first-order chi connectivity index (χ1) is 31.0. The van der Waals surface area contributed by atoms with Gasteiger partial charge in [-0.15, -0.1) is 0 Å². The summed E-state index contributed by atoms with van der Waals surface area (Å²) in [6.07, 6.45) is 1.15. The molecule has 18 nitrogen and oxygen atoms in total. The van der Waals surface area contributed by atoms with Crippen molar-refractivity contribution in [1.29, 1.82) is 5.26 Å². The minimum absolute atomic E-state index is 0.00834. The number of ether oxygens (including phenoxy) is 2. The van der Waals surface area contributed by atoms with E-state index < -0.39 is 60.3 Å². The summed E-state index contributed by atoms with van der Waals surface area (Å²) in [5, 5.41) is 29.9. The smallest absolute Gasteiger partial charge is 0.255 e. The fourth-order valence-corrected chi connectivity index (χ4v) is 7.28. The Morgan fingerprint density at radius 3 is 2.22 bits per heavy atom. The van der Waals surface area contributed by atoms with Gasteiger partial charge in [-0.05, 0) is 66.6 Å². The molecule has 4 unspecified atom stereocenters. The molecule has 5 amide bonds. The normalized spacial score (nSPS) is 16.7. The Morgan fingerprint density at radius 2 is 1.62 bits per heavy atom. The second-order valence-electron chi connectivity index (χ2n) is 16.6. The summed E-state index contributed by atoms with van der Waals surface area (Å²) >= 11 is 0. The van der Waals surface area contributed by atoms with Gasteiger partial charge >= 0.3 is 0 Å². The van der Waals surface area contributed by atoms with Crippen molar-refractivity contribution < 1.29 is 38.6 Å². The largest absolute Gasteiger partial charge is 0.492 e. The van der Waals surface area contributed by atoms with Crippen LogP contribution in [0.2, 0.25) is 0 Å². The third-order valence-electron chi connectivity index (χ3n) is 10.8. The molecule has 0 spiro atoms. The monoisotopic (exact) mass is 890 g/mol. The van der Waals surface area contributed by atoms with E-state index in [1.807, 2.05) is 30.3 Å². The standard InChI is InChI=1S/C47H58N10O8/c1-27-35(26-52-41(53-27)30-8-11-32(12-9-30)47(3,4)5)43(60)55-36(15-20-58)46(63)57(6)40-31-10-14-39(65-22-18-50)34(25-31)33-23-29(7-13-38(33)64-21-17-49)24-37(44(61)51-19-16-48)56-42(59)28(2)54-45(40)62/h7-14,23,25-26,28,36-37,40,58H,15,17-22,24,49-50H2,1-6H3,(H,51,61)(H,54,62)(H,55,60)(H,56,59). The molecule has 4 bridgehead atoms. The molecule has 0 aliphatic carbocycles. The van der Waals surface area contributed by atoms with E-state index in [9.17, 15) is 29.1 Å². The molecular formula is C47H58N10O8. The number of nitrogens with two attached hydrogens (primary N) is 2. The molecule has 0 radical (unpaired) electrons. The van der Waals surface area contributed by atoms with Crippen molar-refractivity contribution in [3.05, 3.63) is 94.8 Å². The number of aromatic nitrogens is 2. The minimum Gasteiger partial charge on any atom is -0.492 e. The van der Waals surface area contributed by atoms with E-state index in [2.05, 4.69) is 52.0 Å². The van der Waals surface area contributed by atoms with Gasteiger partial charge in [0.05, 0.1) is 17.3 Å². The summed E-state index contributed by atoms with van der Waals surface area (Å²) in [6.45, 7) is 9.23. The van der Waals surface area contributed by atoms with Crippen molar-refractivity contribution in [1.82, 2.24) is 36.1 Å². The van der Waals surface area contributed by atoms with Gasteiger partial charge in [-0.1, -0.05) is 57.2 Å². The van der Waals surface area contributed by atoms with Crippen molar-refractivity contribution in [3.8, 4) is 40.1 Å². The zero-order valence-corrected chi connectivity index (χ0v) is 37.6. The van der Waals surface area contributed by atoms with Gasteiger partial charge in [-0.3, -0.25) is 24.0 Å². The fourth-order valence-electron chi connectivity index (χ4n) is 7.28. The molecule has 0 saturated carbocycles. The molecule has 0 fully saturated rings. The predicted octanol–water partition coefficient (Wildman–Crippen LogP) is 1.96. The molecule has 1 aliphatic heterocycles. The maximum absolute atomic E-state index is 14.6. The van der Waals surface area contributed by atoms with E-state index in [-0.39, 0.29) is 62.2 Å². The number of rotatable bonds is 15. The number of amides is 5. The molecule has 1 aliphatic rings. The van der Waals surface area contributed by atoms with Gasteiger partial charge in [-0.25, -0.2) is 9.97 Å². The van der Waals surface area contributed by atoms with Crippen LogP contribution >= 0.6 is 0 Å². The topological polar surface area (TPSA) is 277 Å². The number of fused-ring (bicyclic) bond motifs is 5. The molecular weight excluding hydrogens is 833 g/mol. The average molecular weight is 891 g/mol. The Kier molecular flexibility index (Phi) is 16.7. The van der Waals surface area contributed by atoms with E-state index >= 15 is 0 Å². The first kappa shape index (κ1) is 49.1. The highest BCUT2D eigenvalue weighted by Crippen LogP contribution is 2.40. The summed E-state index contributed by atoms with van der Waals surface area (Å²) in [6, 6.07) is 14.6. The highest BCUT2D eigenvalue weighted by Gasteiger charge is 2.36. The van der Waals surface area contributed by atoms with Gasteiger partial charge < -0.3 is 52.2 Å². The number of nitrogens with one attached hydrogen (secondary N) is 4. The van der Waals surface area contributed by atoms with Crippen LogP contribution in [0.1, 0.15) is 72.9 Å². The lowest BCUT2D eigenvalue weighted by molar-refractivity contribution is -0.142. The minimum atomic E-state index is -1.44. The summed E-state index contributed by atoms with van der Waals surface area (Å²) in [4.78, 5) is 80.1. The van der Waals surface area contributed by atoms with Crippen molar-refractivity contribution in [2.24, 2.45) is 11.5 Å².